The van der Waals surface area contributed by atoms with Crippen LogP contribution < -0.4 is 0 Å². The van der Waals surface area contributed by atoms with Gasteiger partial charge in [0.05, 0.1) is 19.4 Å². The smallest absolute Gasteiger partial charge is 0.356 e. The molecule has 0 unspecified atom stereocenters. The summed E-state index contributed by atoms with van der Waals surface area (Å²) in [6.07, 6.45) is -6.51. The van der Waals surface area contributed by atoms with E-state index >= 15 is 0 Å². The third kappa shape index (κ3) is 8.30. The van der Waals surface area contributed by atoms with Gasteiger partial charge in [-0.2, -0.15) is 0 Å². The molecule has 0 spiro atoms. The molecule has 1 fully saturated rings. The highest BCUT2D eigenvalue weighted by Gasteiger charge is 2.52. The van der Waals surface area contributed by atoms with Crippen LogP contribution in [0.2, 0.25) is 0 Å². The molecule has 13 heteroatoms. The second-order valence-corrected chi connectivity index (χ2v) is 7.38. The Morgan fingerprint density at radius 2 is 1.46 bits per heavy atom. The zero-order valence-corrected chi connectivity index (χ0v) is 19.9. The van der Waals surface area contributed by atoms with Crippen molar-refractivity contribution in [2.75, 3.05) is 13.7 Å². The molecule has 1 aliphatic rings. The van der Waals surface area contributed by atoms with Gasteiger partial charge in [0.2, 0.25) is 0 Å². The molecule has 0 saturated carbocycles. The Morgan fingerprint density at radius 3 is 2.03 bits per heavy atom. The highest BCUT2D eigenvalue weighted by molar-refractivity contribution is 5.87. The summed E-state index contributed by atoms with van der Waals surface area (Å²) in [6.45, 7) is 3.92. The topological polar surface area (TPSA) is 163 Å². The van der Waals surface area contributed by atoms with Crippen LogP contribution in [0.4, 0.5) is 0 Å². The summed E-state index contributed by atoms with van der Waals surface area (Å²) in [7, 11) is 1.21. The Balaban J connectivity index is 2.37. The fourth-order valence-electron chi connectivity index (χ4n) is 3.27. The number of methoxy groups -OCH3 is 1. The van der Waals surface area contributed by atoms with Gasteiger partial charge in [0.1, 0.15) is 18.4 Å². The SMILES string of the molecule is COC(=O)c1cccc(CO[C@@H]2O[C@H](COC(C)=O)[C@H](OC(C)=O)[C@H](OC(C)=O)[C@H]2OC(C)=O)n1. The van der Waals surface area contributed by atoms with E-state index in [4.69, 9.17) is 28.4 Å². The van der Waals surface area contributed by atoms with Crippen LogP contribution in [0, 0.1) is 0 Å². The Labute approximate surface area is 200 Å². The van der Waals surface area contributed by atoms with Gasteiger partial charge in [-0.1, -0.05) is 6.07 Å². The molecule has 0 amide bonds. The fraction of sp³-hybridized carbons (Fsp3) is 0.545. The lowest BCUT2D eigenvalue weighted by Crippen LogP contribution is -2.62. The first kappa shape index (κ1) is 27.7. The highest BCUT2D eigenvalue weighted by Crippen LogP contribution is 2.30. The minimum absolute atomic E-state index is 0.0372. The molecule has 5 atom stereocenters. The first-order valence-electron chi connectivity index (χ1n) is 10.5. The van der Waals surface area contributed by atoms with Gasteiger partial charge in [0.15, 0.2) is 24.6 Å². The predicted molar refractivity (Wildman–Crippen MR) is 112 cm³/mol. The molecule has 1 saturated heterocycles. The number of hydrogen-bond donors (Lipinski definition) is 0. The summed E-state index contributed by atoms with van der Waals surface area (Å²) in [4.78, 5) is 62.7. The maximum Gasteiger partial charge on any atom is 0.356 e. The van der Waals surface area contributed by atoms with E-state index in [-0.39, 0.29) is 18.9 Å². The van der Waals surface area contributed by atoms with Crippen LogP contribution in [0.3, 0.4) is 0 Å². The van der Waals surface area contributed by atoms with Gasteiger partial charge in [0.25, 0.3) is 0 Å². The molecular weight excluding hydrogens is 470 g/mol. The summed E-state index contributed by atoms with van der Waals surface area (Å²) < 4.78 is 37.2. The van der Waals surface area contributed by atoms with Crippen LogP contribution in [-0.2, 0) is 58.9 Å². The summed E-state index contributed by atoms with van der Waals surface area (Å²) in [5.41, 5.74) is 0.343. The van der Waals surface area contributed by atoms with Gasteiger partial charge in [-0.25, -0.2) is 9.78 Å². The normalized spacial score (nSPS) is 23.5. The Morgan fingerprint density at radius 1 is 0.857 bits per heavy atom. The molecule has 192 valence electrons. The van der Waals surface area contributed by atoms with Crippen molar-refractivity contribution in [1.82, 2.24) is 4.98 Å². The lowest BCUT2D eigenvalue weighted by molar-refractivity contribution is -0.310. The third-order valence-corrected chi connectivity index (χ3v) is 4.54. The number of carbonyl (C=O) groups excluding carboxylic acids is 5. The molecule has 0 bridgehead atoms. The van der Waals surface area contributed by atoms with Crippen LogP contribution in [-0.4, -0.2) is 79.3 Å². The third-order valence-electron chi connectivity index (χ3n) is 4.54. The number of nitrogens with zero attached hydrogens (tertiary/aromatic N) is 1. The lowest BCUT2D eigenvalue weighted by Gasteiger charge is -2.44. The monoisotopic (exact) mass is 497 g/mol. The van der Waals surface area contributed by atoms with Crippen molar-refractivity contribution in [2.24, 2.45) is 0 Å². The maximum atomic E-state index is 11.8. The Kier molecular flexibility index (Phi) is 10.1. The van der Waals surface area contributed by atoms with Gasteiger partial charge < -0.3 is 33.2 Å². The van der Waals surface area contributed by atoms with E-state index in [0.29, 0.717) is 5.69 Å². The summed E-state index contributed by atoms with van der Waals surface area (Å²) in [5.74, 6) is -3.55. The molecule has 2 heterocycles. The molecule has 1 aromatic rings. The first-order chi connectivity index (χ1) is 16.5. The predicted octanol–water partition coefficient (Wildman–Crippen LogP) is 0.468. The molecule has 0 radical (unpaired) electrons. The standard InChI is InChI=1S/C22H27NO12/c1-11(24)30-10-17-18(32-12(2)25)19(33-13(3)26)20(34-14(4)27)22(35-17)31-9-15-7-6-8-16(23-15)21(28)29-5/h6-8,17-20,22H,9-10H2,1-5H3/t17-,18+,19+,20-,22-/m1/s1. The van der Waals surface area contributed by atoms with Crippen LogP contribution >= 0.6 is 0 Å². The number of carbonyl (C=O) groups is 5. The largest absolute Gasteiger partial charge is 0.464 e. The lowest BCUT2D eigenvalue weighted by atomic mass is 9.98. The van der Waals surface area contributed by atoms with Crippen LogP contribution in [0.15, 0.2) is 18.2 Å². The fourth-order valence-corrected chi connectivity index (χ4v) is 3.27. The number of ether oxygens (including phenoxy) is 7. The molecular formula is C22H27NO12. The summed E-state index contributed by atoms with van der Waals surface area (Å²) in [6, 6.07) is 4.58. The number of hydrogen-bond acceptors (Lipinski definition) is 13. The average molecular weight is 497 g/mol. The van der Waals surface area contributed by atoms with Gasteiger partial charge in [0, 0.05) is 27.7 Å². The van der Waals surface area contributed by atoms with Crippen molar-refractivity contribution in [2.45, 2.75) is 65.0 Å². The van der Waals surface area contributed by atoms with Crippen molar-refractivity contribution in [1.29, 1.82) is 0 Å². The van der Waals surface area contributed by atoms with E-state index in [1.54, 1.807) is 12.1 Å². The molecule has 35 heavy (non-hydrogen) atoms. The van der Waals surface area contributed by atoms with Crippen molar-refractivity contribution in [3.05, 3.63) is 29.6 Å². The average Bonchev–Trinajstić information content (AvgIpc) is 2.78. The van der Waals surface area contributed by atoms with Crippen molar-refractivity contribution >= 4 is 29.8 Å². The summed E-state index contributed by atoms with van der Waals surface area (Å²) >= 11 is 0. The number of esters is 5. The highest BCUT2D eigenvalue weighted by atomic mass is 16.7. The van der Waals surface area contributed by atoms with Gasteiger partial charge in [-0.05, 0) is 12.1 Å². The number of aromatic nitrogens is 1. The number of pyridine rings is 1. The van der Waals surface area contributed by atoms with Crippen LogP contribution in [0.25, 0.3) is 0 Å². The van der Waals surface area contributed by atoms with Crippen LogP contribution in [0.1, 0.15) is 43.9 Å². The van der Waals surface area contributed by atoms with E-state index in [0.717, 1.165) is 20.8 Å². The second-order valence-electron chi connectivity index (χ2n) is 7.38. The zero-order chi connectivity index (χ0) is 26.1. The first-order valence-corrected chi connectivity index (χ1v) is 10.5. The minimum Gasteiger partial charge on any atom is -0.464 e. The molecule has 1 aliphatic heterocycles. The van der Waals surface area contributed by atoms with Crippen molar-refractivity contribution in [3.63, 3.8) is 0 Å². The molecule has 13 nitrogen and oxygen atoms in total. The molecule has 1 aromatic heterocycles. The number of rotatable bonds is 9. The molecule has 0 N–H and O–H groups in total. The summed E-state index contributed by atoms with van der Waals surface area (Å²) in [5, 5.41) is 0. The van der Waals surface area contributed by atoms with E-state index in [1.165, 1.54) is 20.1 Å². The van der Waals surface area contributed by atoms with E-state index < -0.39 is 60.6 Å². The molecule has 2 rings (SSSR count). The van der Waals surface area contributed by atoms with Crippen LogP contribution in [0.5, 0.6) is 0 Å². The van der Waals surface area contributed by atoms with Crippen molar-refractivity contribution < 1.29 is 57.1 Å². The molecule has 0 aromatic carbocycles. The maximum absolute atomic E-state index is 11.8. The molecule has 0 aliphatic carbocycles. The quantitative estimate of drug-likeness (QED) is 0.342. The van der Waals surface area contributed by atoms with E-state index in [2.05, 4.69) is 9.72 Å². The van der Waals surface area contributed by atoms with Crippen molar-refractivity contribution in [3.8, 4) is 0 Å². The van der Waals surface area contributed by atoms with Gasteiger partial charge in [-0.15, -0.1) is 0 Å². The Hall–Kier alpha value is -3.58. The minimum atomic E-state index is -1.36. The van der Waals surface area contributed by atoms with E-state index in [9.17, 15) is 24.0 Å². The van der Waals surface area contributed by atoms with Gasteiger partial charge in [-0.3, -0.25) is 19.2 Å². The Bertz CT molecular complexity index is 948. The zero-order valence-electron chi connectivity index (χ0n) is 19.9. The van der Waals surface area contributed by atoms with Gasteiger partial charge >= 0.3 is 29.8 Å². The van der Waals surface area contributed by atoms with E-state index in [1.807, 2.05) is 0 Å². The second kappa shape index (κ2) is 12.8.